The lowest BCUT2D eigenvalue weighted by molar-refractivity contribution is -0.384. The van der Waals surface area contributed by atoms with Crippen molar-refractivity contribution in [3.63, 3.8) is 0 Å². The number of nitro groups is 1. The maximum atomic E-state index is 13.8. The summed E-state index contributed by atoms with van der Waals surface area (Å²) >= 11 is 0. The summed E-state index contributed by atoms with van der Waals surface area (Å²) in [5, 5.41) is 23.5. The van der Waals surface area contributed by atoms with Crippen molar-refractivity contribution >= 4 is 17.6 Å². The second kappa shape index (κ2) is 5.14. The van der Waals surface area contributed by atoms with Gasteiger partial charge in [-0.3, -0.25) is 10.1 Å². The molecule has 0 unspecified atom stereocenters. The number of carboxylic acid groups (broad SMARTS) is 1. The Hall–Kier alpha value is -2.46. The second-order valence-electron chi connectivity index (χ2n) is 4.72. The standard InChI is InChI=1S/C10H13F2N5O4/c1-14-8(7(4-13-14)17(20)21)15-2-3-16(9(18)19)6-10(11,12)5-15/h4H,2-3,5-6H2,1H3,(H,18,19). The normalized spacial score (nSPS) is 18.4. The van der Waals surface area contributed by atoms with Crippen LogP contribution in [0.5, 0.6) is 0 Å². The molecule has 116 valence electrons. The Morgan fingerprint density at radius 1 is 1.48 bits per heavy atom. The van der Waals surface area contributed by atoms with Crippen molar-refractivity contribution in [1.82, 2.24) is 14.7 Å². The number of hydrogen-bond donors (Lipinski definition) is 1. The monoisotopic (exact) mass is 305 g/mol. The molecule has 2 rings (SSSR count). The highest BCUT2D eigenvalue weighted by Gasteiger charge is 2.41. The minimum Gasteiger partial charge on any atom is -0.465 e. The van der Waals surface area contributed by atoms with Gasteiger partial charge in [0, 0.05) is 20.1 Å². The number of anilines is 1. The molecule has 0 aliphatic carbocycles. The summed E-state index contributed by atoms with van der Waals surface area (Å²) in [6.07, 6.45) is -0.469. The van der Waals surface area contributed by atoms with Crippen LogP contribution >= 0.6 is 0 Å². The van der Waals surface area contributed by atoms with E-state index in [1.165, 1.54) is 7.05 Å². The highest BCUT2D eigenvalue weighted by molar-refractivity contribution is 5.65. The predicted octanol–water partition coefficient (Wildman–Crippen LogP) is 0.764. The molecule has 0 spiro atoms. The summed E-state index contributed by atoms with van der Waals surface area (Å²) in [5.41, 5.74) is -0.392. The van der Waals surface area contributed by atoms with E-state index in [-0.39, 0.29) is 18.9 Å². The van der Waals surface area contributed by atoms with Crippen molar-refractivity contribution < 1.29 is 23.6 Å². The van der Waals surface area contributed by atoms with E-state index in [1.807, 2.05) is 0 Å². The molecule has 1 aromatic rings. The Labute approximate surface area is 117 Å². The number of aryl methyl sites for hydroxylation is 1. The third-order valence-corrected chi connectivity index (χ3v) is 3.14. The Kier molecular flexibility index (Phi) is 3.66. The van der Waals surface area contributed by atoms with Gasteiger partial charge in [-0.15, -0.1) is 0 Å². The number of hydrogen-bond acceptors (Lipinski definition) is 5. The van der Waals surface area contributed by atoms with Crippen LogP contribution in [-0.2, 0) is 7.05 Å². The van der Waals surface area contributed by atoms with Crippen LogP contribution < -0.4 is 4.90 Å². The topological polar surface area (TPSA) is 105 Å². The third-order valence-electron chi connectivity index (χ3n) is 3.14. The molecule has 9 nitrogen and oxygen atoms in total. The lowest BCUT2D eigenvalue weighted by atomic mass is 10.3. The molecule has 1 aliphatic heterocycles. The largest absolute Gasteiger partial charge is 0.465 e. The first-order chi connectivity index (χ1) is 9.71. The summed E-state index contributed by atoms with van der Waals surface area (Å²) in [4.78, 5) is 22.8. The highest BCUT2D eigenvalue weighted by atomic mass is 19.3. The molecule has 0 bridgehead atoms. The van der Waals surface area contributed by atoms with Gasteiger partial charge in [0.25, 0.3) is 5.92 Å². The van der Waals surface area contributed by atoms with Gasteiger partial charge in [-0.05, 0) is 0 Å². The van der Waals surface area contributed by atoms with Crippen LogP contribution in [0.25, 0.3) is 0 Å². The molecule has 1 aliphatic rings. The Morgan fingerprint density at radius 3 is 2.71 bits per heavy atom. The van der Waals surface area contributed by atoms with E-state index < -0.39 is 35.7 Å². The first-order valence-corrected chi connectivity index (χ1v) is 5.98. The van der Waals surface area contributed by atoms with E-state index in [4.69, 9.17) is 5.11 Å². The lowest BCUT2D eigenvalue weighted by Gasteiger charge is -2.24. The molecule has 0 saturated carbocycles. The third kappa shape index (κ3) is 3.01. The van der Waals surface area contributed by atoms with Crippen LogP contribution in [0.2, 0.25) is 0 Å². The van der Waals surface area contributed by atoms with E-state index in [9.17, 15) is 23.7 Å². The minimum absolute atomic E-state index is 0.0630. The first-order valence-electron chi connectivity index (χ1n) is 5.98. The van der Waals surface area contributed by atoms with E-state index >= 15 is 0 Å². The van der Waals surface area contributed by atoms with Crippen molar-refractivity contribution in [2.24, 2.45) is 7.05 Å². The molecular weight excluding hydrogens is 292 g/mol. The fourth-order valence-electron chi connectivity index (χ4n) is 2.27. The van der Waals surface area contributed by atoms with Crippen LogP contribution in [0.4, 0.5) is 25.1 Å². The molecule has 1 N–H and O–H groups in total. The molecule has 0 atom stereocenters. The number of carbonyl (C=O) groups is 1. The smallest absolute Gasteiger partial charge is 0.407 e. The zero-order valence-corrected chi connectivity index (χ0v) is 11.1. The molecule has 0 radical (unpaired) electrons. The maximum Gasteiger partial charge on any atom is 0.407 e. The number of alkyl halides is 2. The van der Waals surface area contributed by atoms with E-state index in [0.29, 0.717) is 4.90 Å². The molecular formula is C10H13F2N5O4. The van der Waals surface area contributed by atoms with Crippen molar-refractivity contribution in [3.05, 3.63) is 16.3 Å². The Bertz CT molecular complexity index is 576. The average Bonchev–Trinajstić information content (AvgIpc) is 2.66. The van der Waals surface area contributed by atoms with Crippen LogP contribution in [0.3, 0.4) is 0 Å². The van der Waals surface area contributed by atoms with E-state index in [2.05, 4.69) is 5.10 Å². The van der Waals surface area contributed by atoms with Gasteiger partial charge in [0.2, 0.25) is 5.82 Å². The molecule has 0 aromatic carbocycles. The number of aromatic nitrogens is 2. The van der Waals surface area contributed by atoms with Crippen LogP contribution in [0.1, 0.15) is 0 Å². The minimum atomic E-state index is -3.31. The van der Waals surface area contributed by atoms with Crippen LogP contribution in [0, 0.1) is 10.1 Å². The maximum absolute atomic E-state index is 13.8. The van der Waals surface area contributed by atoms with Crippen molar-refractivity contribution in [1.29, 1.82) is 0 Å². The molecule has 1 fully saturated rings. The molecule has 2 heterocycles. The SMILES string of the molecule is Cn1ncc([N+](=O)[O-])c1N1CCN(C(=O)O)CC(F)(F)C1. The first kappa shape index (κ1) is 14.9. The fourth-order valence-corrected chi connectivity index (χ4v) is 2.27. The van der Waals surface area contributed by atoms with Gasteiger partial charge < -0.3 is 14.9 Å². The average molecular weight is 305 g/mol. The molecule has 11 heteroatoms. The summed E-state index contributed by atoms with van der Waals surface area (Å²) in [6, 6.07) is 0. The second-order valence-corrected chi connectivity index (χ2v) is 4.72. The number of rotatable bonds is 2. The van der Waals surface area contributed by atoms with Gasteiger partial charge in [-0.25, -0.2) is 18.3 Å². The van der Waals surface area contributed by atoms with Gasteiger partial charge in [-0.1, -0.05) is 0 Å². The highest BCUT2D eigenvalue weighted by Crippen LogP contribution is 2.31. The quantitative estimate of drug-likeness (QED) is 0.639. The number of nitrogens with zero attached hydrogens (tertiary/aromatic N) is 5. The van der Waals surface area contributed by atoms with Gasteiger partial charge in [0.15, 0.2) is 0 Å². The Balaban J connectivity index is 2.35. The summed E-state index contributed by atoms with van der Waals surface area (Å²) in [5.74, 6) is -3.38. The van der Waals surface area contributed by atoms with Crippen molar-refractivity contribution in [2.45, 2.75) is 5.92 Å². The van der Waals surface area contributed by atoms with E-state index in [0.717, 1.165) is 15.8 Å². The fraction of sp³-hybridized carbons (Fsp3) is 0.600. The molecule has 1 amide bonds. The molecule has 21 heavy (non-hydrogen) atoms. The van der Waals surface area contributed by atoms with Crippen molar-refractivity contribution in [2.75, 3.05) is 31.1 Å². The van der Waals surface area contributed by atoms with Crippen LogP contribution in [0.15, 0.2) is 6.20 Å². The number of amides is 1. The molecule has 1 aromatic heterocycles. The van der Waals surface area contributed by atoms with Gasteiger partial charge in [0.1, 0.15) is 6.20 Å². The van der Waals surface area contributed by atoms with E-state index in [1.54, 1.807) is 0 Å². The zero-order chi connectivity index (χ0) is 15.8. The van der Waals surface area contributed by atoms with Crippen LogP contribution in [-0.4, -0.2) is 62.9 Å². The van der Waals surface area contributed by atoms with Gasteiger partial charge >= 0.3 is 11.8 Å². The Morgan fingerprint density at radius 2 is 2.14 bits per heavy atom. The number of halogens is 2. The summed E-state index contributed by atoms with van der Waals surface area (Å²) in [7, 11) is 1.40. The zero-order valence-electron chi connectivity index (χ0n) is 11.1. The molecule has 1 saturated heterocycles. The lowest BCUT2D eigenvalue weighted by Crippen LogP contribution is -2.41. The van der Waals surface area contributed by atoms with Crippen molar-refractivity contribution in [3.8, 4) is 0 Å². The summed E-state index contributed by atoms with van der Waals surface area (Å²) in [6.45, 7) is -2.00. The van der Waals surface area contributed by atoms with Gasteiger partial charge in [-0.2, -0.15) is 5.10 Å². The van der Waals surface area contributed by atoms with Gasteiger partial charge in [0.05, 0.1) is 18.0 Å². The summed E-state index contributed by atoms with van der Waals surface area (Å²) < 4.78 is 28.8. The predicted molar refractivity (Wildman–Crippen MR) is 66.6 cm³/mol.